The number of aromatic nitrogens is 3. The molecule has 4 rings (SSSR count). The molecule has 0 atom stereocenters. The minimum absolute atomic E-state index is 0.0317. The third-order valence-corrected chi connectivity index (χ3v) is 5.38. The van der Waals surface area contributed by atoms with Gasteiger partial charge in [-0.15, -0.1) is 0 Å². The fourth-order valence-corrected chi connectivity index (χ4v) is 3.80. The van der Waals surface area contributed by atoms with Crippen LogP contribution in [0.3, 0.4) is 0 Å². The van der Waals surface area contributed by atoms with Crippen molar-refractivity contribution in [2.45, 2.75) is 32.7 Å². The average molecular weight is 369 g/mol. The second-order valence-corrected chi connectivity index (χ2v) is 7.28. The number of carbonyl (C=O) groups excluding carboxylic acids is 2. The fraction of sp³-hybridized carbons (Fsp3) is 0.474. The summed E-state index contributed by atoms with van der Waals surface area (Å²) >= 11 is 0. The maximum absolute atomic E-state index is 13.0. The van der Waals surface area contributed by atoms with Crippen LogP contribution in [0.25, 0.3) is 0 Å². The molecule has 2 aromatic heterocycles. The third kappa shape index (κ3) is 3.27. The molecule has 1 saturated heterocycles. The van der Waals surface area contributed by atoms with Crippen molar-refractivity contribution < 1.29 is 9.59 Å². The summed E-state index contributed by atoms with van der Waals surface area (Å²) in [5.74, 6) is -0.200. The first-order valence-electron chi connectivity index (χ1n) is 9.28. The molecule has 142 valence electrons. The number of nitrogens with one attached hydrogen (secondary N) is 1. The van der Waals surface area contributed by atoms with Crippen LogP contribution in [0.4, 0.5) is 0 Å². The highest BCUT2D eigenvalue weighted by Gasteiger charge is 2.31. The SMILES string of the molecule is Cc1cc(C(=O)N2CCN(C(=O)c3ccc(=O)[nH]n3)CC2)c(C)n1C1CC1. The van der Waals surface area contributed by atoms with Crippen LogP contribution in [0, 0.1) is 13.8 Å². The molecule has 27 heavy (non-hydrogen) atoms. The summed E-state index contributed by atoms with van der Waals surface area (Å²) in [6.07, 6.45) is 2.37. The van der Waals surface area contributed by atoms with Crippen molar-refractivity contribution in [2.24, 2.45) is 0 Å². The Morgan fingerprint density at radius 1 is 1.04 bits per heavy atom. The molecule has 0 aromatic carbocycles. The highest BCUT2D eigenvalue weighted by Crippen LogP contribution is 2.38. The zero-order valence-corrected chi connectivity index (χ0v) is 15.6. The molecule has 0 bridgehead atoms. The predicted molar refractivity (Wildman–Crippen MR) is 98.8 cm³/mol. The molecular weight excluding hydrogens is 346 g/mol. The van der Waals surface area contributed by atoms with Gasteiger partial charge in [0.05, 0.1) is 5.56 Å². The number of H-pyrrole nitrogens is 1. The van der Waals surface area contributed by atoms with Crippen molar-refractivity contribution in [1.82, 2.24) is 24.6 Å². The van der Waals surface area contributed by atoms with Crippen LogP contribution in [0.1, 0.15) is 51.1 Å². The van der Waals surface area contributed by atoms with Gasteiger partial charge in [-0.2, -0.15) is 5.10 Å². The van der Waals surface area contributed by atoms with Crippen LogP contribution in [-0.4, -0.2) is 62.6 Å². The van der Waals surface area contributed by atoms with Crippen LogP contribution < -0.4 is 5.56 Å². The quantitative estimate of drug-likeness (QED) is 0.878. The van der Waals surface area contributed by atoms with Crippen LogP contribution >= 0.6 is 0 Å². The fourth-order valence-electron chi connectivity index (χ4n) is 3.80. The van der Waals surface area contributed by atoms with E-state index in [9.17, 15) is 14.4 Å². The van der Waals surface area contributed by atoms with E-state index in [1.54, 1.807) is 4.90 Å². The number of aryl methyl sites for hydroxylation is 1. The first-order valence-corrected chi connectivity index (χ1v) is 9.28. The summed E-state index contributed by atoms with van der Waals surface area (Å²) in [4.78, 5) is 40.0. The molecule has 2 aliphatic rings. The lowest BCUT2D eigenvalue weighted by Crippen LogP contribution is -2.50. The molecule has 1 aliphatic heterocycles. The predicted octanol–water partition coefficient (Wildman–Crippen LogP) is 1.12. The van der Waals surface area contributed by atoms with Crippen molar-refractivity contribution in [1.29, 1.82) is 0 Å². The Hall–Kier alpha value is -2.90. The van der Waals surface area contributed by atoms with Crippen LogP contribution in [0.15, 0.2) is 23.0 Å². The largest absolute Gasteiger partial charge is 0.345 e. The van der Waals surface area contributed by atoms with E-state index in [1.807, 2.05) is 17.9 Å². The maximum atomic E-state index is 13.0. The molecule has 1 aliphatic carbocycles. The Balaban J connectivity index is 1.42. The van der Waals surface area contributed by atoms with E-state index in [-0.39, 0.29) is 23.1 Å². The van der Waals surface area contributed by atoms with E-state index in [1.165, 1.54) is 25.0 Å². The summed E-state index contributed by atoms with van der Waals surface area (Å²) in [6, 6.07) is 5.24. The van der Waals surface area contributed by atoms with Gasteiger partial charge in [-0.25, -0.2) is 5.10 Å². The Morgan fingerprint density at radius 2 is 1.67 bits per heavy atom. The minimum Gasteiger partial charge on any atom is -0.345 e. The van der Waals surface area contributed by atoms with E-state index >= 15 is 0 Å². The van der Waals surface area contributed by atoms with Crippen LogP contribution in [-0.2, 0) is 0 Å². The van der Waals surface area contributed by atoms with Crippen molar-refractivity contribution in [2.75, 3.05) is 26.2 Å². The molecule has 0 unspecified atom stereocenters. The molecule has 3 heterocycles. The van der Waals surface area contributed by atoms with Crippen molar-refractivity contribution >= 4 is 11.8 Å². The number of rotatable bonds is 3. The zero-order chi connectivity index (χ0) is 19.1. The zero-order valence-electron chi connectivity index (χ0n) is 15.6. The van der Waals surface area contributed by atoms with E-state index in [2.05, 4.69) is 21.7 Å². The van der Waals surface area contributed by atoms with E-state index in [4.69, 9.17) is 0 Å². The number of aromatic amines is 1. The Bertz CT molecular complexity index is 928. The van der Waals surface area contributed by atoms with Gasteiger partial charge in [-0.1, -0.05) is 0 Å². The average Bonchev–Trinajstić information content (AvgIpc) is 3.46. The maximum Gasteiger partial charge on any atom is 0.274 e. The standard InChI is InChI=1S/C19H23N5O3/c1-12-11-15(13(2)24(12)14-3-4-14)18(26)22-7-9-23(10-8-22)19(27)16-5-6-17(25)21-20-16/h5-6,11,14H,3-4,7-10H2,1-2H3,(H,21,25). The topological polar surface area (TPSA) is 91.3 Å². The summed E-state index contributed by atoms with van der Waals surface area (Å²) < 4.78 is 2.27. The van der Waals surface area contributed by atoms with Gasteiger partial charge in [-0.05, 0) is 38.8 Å². The second-order valence-electron chi connectivity index (χ2n) is 7.28. The minimum atomic E-state index is -0.342. The van der Waals surface area contributed by atoms with Crippen LogP contribution in [0.5, 0.6) is 0 Å². The molecule has 1 N–H and O–H groups in total. The van der Waals surface area contributed by atoms with Gasteiger partial charge in [0.1, 0.15) is 5.69 Å². The lowest BCUT2D eigenvalue weighted by Gasteiger charge is -2.34. The van der Waals surface area contributed by atoms with Gasteiger partial charge in [0.25, 0.3) is 17.4 Å². The lowest BCUT2D eigenvalue weighted by molar-refractivity contribution is 0.0531. The van der Waals surface area contributed by atoms with Gasteiger partial charge < -0.3 is 14.4 Å². The molecule has 2 fully saturated rings. The smallest absolute Gasteiger partial charge is 0.274 e. The van der Waals surface area contributed by atoms with Crippen molar-refractivity contribution in [3.63, 3.8) is 0 Å². The Morgan fingerprint density at radius 3 is 2.22 bits per heavy atom. The molecule has 2 amide bonds. The van der Waals surface area contributed by atoms with Crippen molar-refractivity contribution in [3.8, 4) is 0 Å². The number of piperazine rings is 1. The number of amides is 2. The molecule has 1 saturated carbocycles. The van der Waals surface area contributed by atoms with Gasteiger partial charge in [-0.3, -0.25) is 14.4 Å². The van der Waals surface area contributed by atoms with E-state index in [0.29, 0.717) is 32.2 Å². The summed E-state index contributed by atoms with van der Waals surface area (Å²) in [7, 11) is 0. The second kappa shape index (κ2) is 6.68. The number of hydrogen-bond donors (Lipinski definition) is 1. The highest BCUT2D eigenvalue weighted by atomic mass is 16.2. The number of carbonyl (C=O) groups is 2. The first-order chi connectivity index (χ1) is 13.0. The van der Waals surface area contributed by atoms with E-state index < -0.39 is 0 Å². The molecule has 2 aromatic rings. The molecule has 8 nitrogen and oxygen atoms in total. The van der Waals surface area contributed by atoms with Crippen molar-refractivity contribution in [3.05, 3.63) is 51.2 Å². The first kappa shape index (κ1) is 17.5. The Kier molecular flexibility index (Phi) is 4.33. The molecule has 8 heteroatoms. The number of hydrogen-bond acceptors (Lipinski definition) is 4. The van der Waals surface area contributed by atoms with E-state index in [0.717, 1.165) is 17.0 Å². The monoisotopic (exact) mass is 369 g/mol. The Labute approximate surface area is 156 Å². The van der Waals surface area contributed by atoms with Gasteiger partial charge in [0.15, 0.2) is 0 Å². The molecule has 0 radical (unpaired) electrons. The molecule has 0 spiro atoms. The summed E-state index contributed by atoms with van der Waals surface area (Å²) in [5.41, 5.74) is 2.81. The molecular formula is C19H23N5O3. The normalized spacial score (nSPS) is 17.3. The van der Waals surface area contributed by atoms with Gasteiger partial charge in [0.2, 0.25) is 0 Å². The van der Waals surface area contributed by atoms with Crippen LogP contribution in [0.2, 0.25) is 0 Å². The third-order valence-electron chi connectivity index (χ3n) is 5.38. The summed E-state index contributed by atoms with van der Waals surface area (Å²) in [6.45, 7) is 5.94. The van der Waals surface area contributed by atoms with Gasteiger partial charge in [0, 0.05) is 49.7 Å². The number of nitrogens with zero attached hydrogens (tertiary/aromatic N) is 4. The summed E-state index contributed by atoms with van der Waals surface area (Å²) in [5, 5.41) is 6.07. The highest BCUT2D eigenvalue weighted by molar-refractivity contribution is 5.96. The van der Waals surface area contributed by atoms with Gasteiger partial charge >= 0.3 is 0 Å². The lowest BCUT2D eigenvalue weighted by atomic mass is 10.2.